The molecule has 25 heavy (non-hydrogen) atoms. The predicted molar refractivity (Wildman–Crippen MR) is 95.0 cm³/mol. The van der Waals surface area contributed by atoms with E-state index in [0.29, 0.717) is 32.5 Å². The molecular formula is C17H26FN3O3S. The molecule has 1 aromatic carbocycles. The minimum absolute atomic E-state index is 0.0728. The molecule has 1 heterocycles. The predicted octanol–water partition coefficient (Wildman–Crippen LogP) is 1.22. The summed E-state index contributed by atoms with van der Waals surface area (Å²) in [7, 11) is 0.570. The molecule has 1 saturated heterocycles. The summed E-state index contributed by atoms with van der Waals surface area (Å²) >= 11 is 0. The average Bonchev–Trinajstić information content (AvgIpc) is 2.54. The van der Waals surface area contributed by atoms with Crippen LogP contribution in [0.25, 0.3) is 0 Å². The quantitative estimate of drug-likeness (QED) is 0.816. The third-order valence-electron chi connectivity index (χ3n) is 4.62. The number of nitrogens with zero attached hydrogens (tertiary/aromatic N) is 2. The maximum absolute atomic E-state index is 13.5. The summed E-state index contributed by atoms with van der Waals surface area (Å²) in [5, 5.41) is 2.93. The number of sulfonamides is 1. The van der Waals surface area contributed by atoms with Crippen molar-refractivity contribution in [2.75, 3.05) is 40.0 Å². The van der Waals surface area contributed by atoms with Crippen molar-refractivity contribution < 1.29 is 17.6 Å². The zero-order chi connectivity index (χ0) is 18.6. The summed E-state index contributed by atoms with van der Waals surface area (Å²) in [5.41, 5.74) is 0.803. The molecule has 1 amide bonds. The summed E-state index contributed by atoms with van der Waals surface area (Å²) < 4.78 is 37.9. The van der Waals surface area contributed by atoms with Crippen LogP contribution in [0.4, 0.5) is 4.39 Å². The minimum atomic E-state index is -3.19. The van der Waals surface area contributed by atoms with E-state index in [0.717, 1.165) is 5.56 Å². The summed E-state index contributed by atoms with van der Waals surface area (Å²) in [4.78, 5) is 14.3. The highest BCUT2D eigenvalue weighted by atomic mass is 32.2. The van der Waals surface area contributed by atoms with Gasteiger partial charge in [0.2, 0.25) is 15.9 Å². The van der Waals surface area contributed by atoms with Gasteiger partial charge in [0.25, 0.3) is 0 Å². The SMILES string of the molecule is CN(C)[C@@H](CNC(=O)C1CCN(S(C)(=O)=O)CC1)c1cccc(F)c1. The van der Waals surface area contributed by atoms with E-state index in [1.54, 1.807) is 6.07 Å². The van der Waals surface area contributed by atoms with Gasteiger partial charge >= 0.3 is 0 Å². The molecule has 1 fully saturated rings. The van der Waals surface area contributed by atoms with E-state index in [1.807, 2.05) is 25.1 Å². The number of likely N-dealkylation sites (N-methyl/N-ethyl adjacent to an activating group) is 1. The molecule has 8 heteroatoms. The van der Waals surface area contributed by atoms with E-state index in [4.69, 9.17) is 0 Å². The second-order valence-corrected chi connectivity index (χ2v) is 8.70. The van der Waals surface area contributed by atoms with Crippen molar-refractivity contribution in [2.24, 2.45) is 5.92 Å². The van der Waals surface area contributed by atoms with Gasteiger partial charge in [-0.15, -0.1) is 0 Å². The molecule has 0 unspecified atom stereocenters. The zero-order valence-corrected chi connectivity index (χ0v) is 15.7. The highest BCUT2D eigenvalue weighted by Gasteiger charge is 2.29. The standard InChI is InChI=1S/C17H26FN3O3S/c1-20(2)16(14-5-4-6-15(18)11-14)12-19-17(22)13-7-9-21(10-8-13)25(3,23)24/h4-6,11,13,16H,7-10,12H2,1-3H3,(H,19,22)/t16-/m0/s1. The van der Waals surface area contributed by atoms with E-state index in [9.17, 15) is 17.6 Å². The Morgan fingerprint density at radius 3 is 2.52 bits per heavy atom. The number of rotatable bonds is 6. The van der Waals surface area contributed by atoms with Gasteiger partial charge in [0, 0.05) is 25.6 Å². The van der Waals surface area contributed by atoms with Gasteiger partial charge < -0.3 is 10.2 Å². The number of carbonyl (C=O) groups excluding carboxylic acids is 1. The third-order valence-corrected chi connectivity index (χ3v) is 5.92. The minimum Gasteiger partial charge on any atom is -0.354 e. The first-order valence-corrected chi connectivity index (χ1v) is 10.2. The van der Waals surface area contributed by atoms with Crippen molar-refractivity contribution in [1.29, 1.82) is 0 Å². The fourth-order valence-electron chi connectivity index (χ4n) is 3.10. The molecule has 1 atom stereocenters. The molecule has 0 radical (unpaired) electrons. The van der Waals surface area contributed by atoms with Crippen LogP contribution in [0.15, 0.2) is 24.3 Å². The second kappa shape index (κ2) is 8.25. The van der Waals surface area contributed by atoms with Gasteiger partial charge in [0.1, 0.15) is 5.82 Å². The summed E-state index contributed by atoms with van der Waals surface area (Å²) in [6.07, 6.45) is 2.23. The van der Waals surface area contributed by atoms with Crippen LogP contribution in [-0.2, 0) is 14.8 Å². The number of benzene rings is 1. The van der Waals surface area contributed by atoms with Crippen LogP contribution in [0.3, 0.4) is 0 Å². The van der Waals surface area contributed by atoms with Crippen LogP contribution >= 0.6 is 0 Å². The number of halogens is 1. The number of piperidine rings is 1. The van der Waals surface area contributed by atoms with Crippen molar-refractivity contribution in [1.82, 2.24) is 14.5 Å². The second-order valence-electron chi connectivity index (χ2n) is 6.72. The van der Waals surface area contributed by atoms with Crippen molar-refractivity contribution in [3.05, 3.63) is 35.6 Å². The van der Waals surface area contributed by atoms with Gasteiger partial charge in [0.15, 0.2) is 0 Å². The zero-order valence-electron chi connectivity index (χ0n) is 14.9. The molecule has 1 N–H and O–H groups in total. The first kappa shape index (κ1) is 19.8. The molecule has 2 rings (SSSR count). The molecule has 0 saturated carbocycles. The van der Waals surface area contributed by atoms with Gasteiger partial charge in [-0.3, -0.25) is 4.79 Å². The highest BCUT2D eigenvalue weighted by Crippen LogP contribution is 2.21. The van der Waals surface area contributed by atoms with Crippen LogP contribution in [0.2, 0.25) is 0 Å². The van der Waals surface area contributed by atoms with Crippen LogP contribution in [0, 0.1) is 11.7 Å². The normalized spacial score (nSPS) is 18.3. The molecule has 1 aliphatic heterocycles. The van der Waals surface area contributed by atoms with E-state index < -0.39 is 10.0 Å². The lowest BCUT2D eigenvalue weighted by molar-refractivity contribution is -0.126. The van der Waals surface area contributed by atoms with E-state index in [1.165, 1.54) is 22.7 Å². The number of nitrogens with one attached hydrogen (secondary N) is 1. The maximum Gasteiger partial charge on any atom is 0.223 e. The van der Waals surface area contributed by atoms with Crippen LogP contribution < -0.4 is 5.32 Å². The van der Waals surface area contributed by atoms with Gasteiger partial charge in [-0.05, 0) is 44.6 Å². The molecule has 0 aliphatic carbocycles. The Morgan fingerprint density at radius 1 is 1.36 bits per heavy atom. The topological polar surface area (TPSA) is 69.7 Å². The Kier molecular flexibility index (Phi) is 6.53. The maximum atomic E-state index is 13.5. The first-order chi connectivity index (χ1) is 11.7. The Bertz CT molecular complexity index is 701. The molecule has 140 valence electrons. The van der Waals surface area contributed by atoms with Gasteiger partial charge in [-0.25, -0.2) is 17.1 Å². The Balaban J connectivity index is 1.92. The average molecular weight is 371 g/mol. The molecule has 0 aromatic heterocycles. The summed E-state index contributed by atoms with van der Waals surface area (Å²) in [5.74, 6) is -0.562. The van der Waals surface area contributed by atoms with Gasteiger partial charge in [-0.2, -0.15) is 0 Å². The molecule has 1 aromatic rings. The Morgan fingerprint density at radius 2 is 2.00 bits per heavy atom. The van der Waals surface area contributed by atoms with E-state index in [2.05, 4.69) is 5.32 Å². The molecule has 6 nitrogen and oxygen atoms in total. The molecule has 0 bridgehead atoms. The van der Waals surface area contributed by atoms with Gasteiger partial charge in [-0.1, -0.05) is 12.1 Å². The number of carbonyl (C=O) groups is 1. The Labute approximate surface area is 149 Å². The smallest absolute Gasteiger partial charge is 0.223 e. The Hall–Kier alpha value is -1.51. The van der Waals surface area contributed by atoms with Crippen molar-refractivity contribution in [3.63, 3.8) is 0 Å². The lowest BCUT2D eigenvalue weighted by Crippen LogP contribution is -2.44. The van der Waals surface area contributed by atoms with Crippen molar-refractivity contribution in [2.45, 2.75) is 18.9 Å². The van der Waals surface area contributed by atoms with E-state index in [-0.39, 0.29) is 23.7 Å². The van der Waals surface area contributed by atoms with Crippen LogP contribution in [0.1, 0.15) is 24.4 Å². The molecule has 1 aliphatic rings. The van der Waals surface area contributed by atoms with Crippen molar-refractivity contribution in [3.8, 4) is 0 Å². The summed E-state index contributed by atoms with van der Waals surface area (Å²) in [6.45, 7) is 1.12. The van der Waals surface area contributed by atoms with E-state index >= 15 is 0 Å². The number of amides is 1. The van der Waals surface area contributed by atoms with Crippen molar-refractivity contribution >= 4 is 15.9 Å². The summed E-state index contributed by atoms with van der Waals surface area (Å²) in [6, 6.07) is 6.23. The monoisotopic (exact) mass is 371 g/mol. The molecule has 0 spiro atoms. The highest BCUT2D eigenvalue weighted by molar-refractivity contribution is 7.88. The third kappa shape index (κ3) is 5.49. The van der Waals surface area contributed by atoms with Gasteiger partial charge in [0.05, 0.1) is 12.3 Å². The lowest BCUT2D eigenvalue weighted by Gasteiger charge is -2.30. The number of hydrogen-bond acceptors (Lipinski definition) is 4. The molecular weight excluding hydrogens is 345 g/mol. The fraction of sp³-hybridized carbons (Fsp3) is 0.588. The number of hydrogen-bond donors (Lipinski definition) is 1. The first-order valence-electron chi connectivity index (χ1n) is 8.33. The van der Waals surface area contributed by atoms with Crippen LogP contribution in [-0.4, -0.2) is 63.5 Å². The largest absolute Gasteiger partial charge is 0.354 e. The van der Waals surface area contributed by atoms with Crippen LogP contribution in [0.5, 0.6) is 0 Å². The lowest BCUT2D eigenvalue weighted by atomic mass is 9.97. The fourth-order valence-corrected chi connectivity index (χ4v) is 3.98.